The first-order chi connectivity index (χ1) is 8.81. The number of rotatable bonds is 4. The molecule has 2 rings (SSSR count). The second-order valence-corrected chi connectivity index (χ2v) is 4.97. The summed E-state index contributed by atoms with van der Waals surface area (Å²) in [4.78, 5) is 2.52. The van der Waals surface area contributed by atoms with Crippen LogP contribution in [0, 0.1) is 11.3 Å². The van der Waals surface area contributed by atoms with Gasteiger partial charge in [-0.05, 0) is 57.1 Å². The first-order valence-electron chi connectivity index (χ1n) is 6.70. The minimum atomic E-state index is 0.697. The average Bonchev–Trinajstić information content (AvgIpc) is 2.46. The molecular weight excluding hydrogens is 222 g/mol. The number of nitriles is 1. The molecule has 1 N–H and O–H groups in total. The molecule has 1 fully saturated rings. The Labute approximate surface area is 109 Å². The maximum absolute atomic E-state index is 8.87. The molecule has 0 radical (unpaired) electrons. The lowest BCUT2D eigenvalue weighted by Crippen LogP contribution is -2.41. The molecule has 1 aromatic carbocycles. The molecule has 3 nitrogen and oxygen atoms in total. The Hall–Kier alpha value is -1.37. The molecule has 0 spiro atoms. The van der Waals surface area contributed by atoms with Crippen molar-refractivity contribution in [3.63, 3.8) is 0 Å². The Bertz CT molecular complexity index is 414. The number of nitrogens with one attached hydrogen (secondary N) is 1. The van der Waals surface area contributed by atoms with Crippen LogP contribution in [0.3, 0.4) is 0 Å². The molecule has 1 aliphatic rings. The highest BCUT2D eigenvalue weighted by atomic mass is 15.1. The summed E-state index contributed by atoms with van der Waals surface area (Å²) in [6.07, 6.45) is 3.53. The first-order valence-corrected chi connectivity index (χ1v) is 6.70. The van der Waals surface area contributed by atoms with Gasteiger partial charge < -0.3 is 10.2 Å². The molecule has 18 heavy (non-hydrogen) atoms. The van der Waals surface area contributed by atoms with Crippen LogP contribution in [0.1, 0.15) is 24.0 Å². The van der Waals surface area contributed by atoms with Crippen LogP contribution in [0.5, 0.6) is 0 Å². The molecular formula is C15H21N3. The van der Waals surface area contributed by atoms with E-state index in [1.807, 2.05) is 25.2 Å². The van der Waals surface area contributed by atoms with Crippen LogP contribution in [-0.2, 0) is 6.42 Å². The molecule has 1 aliphatic heterocycles. The predicted octanol–water partition coefficient (Wildman–Crippen LogP) is 1.78. The number of nitrogens with zero attached hydrogens (tertiary/aromatic N) is 2. The van der Waals surface area contributed by atoms with Gasteiger partial charge in [0.2, 0.25) is 0 Å². The molecule has 0 aromatic heterocycles. The number of likely N-dealkylation sites (tertiary alicyclic amines) is 1. The van der Waals surface area contributed by atoms with Crippen molar-refractivity contribution in [2.45, 2.75) is 25.3 Å². The zero-order chi connectivity index (χ0) is 12.8. The van der Waals surface area contributed by atoms with Crippen LogP contribution in [0.4, 0.5) is 0 Å². The van der Waals surface area contributed by atoms with Gasteiger partial charge in [0.15, 0.2) is 0 Å². The molecule has 0 bridgehead atoms. The maximum atomic E-state index is 8.87. The molecule has 0 amide bonds. The van der Waals surface area contributed by atoms with Crippen LogP contribution in [0.25, 0.3) is 0 Å². The molecule has 96 valence electrons. The van der Waals surface area contributed by atoms with E-state index >= 15 is 0 Å². The average molecular weight is 243 g/mol. The van der Waals surface area contributed by atoms with E-state index in [1.54, 1.807) is 0 Å². The smallest absolute Gasteiger partial charge is 0.0991 e. The van der Waals surface area contributed by atoms with Gasteiger partial charge >= 0.3 is 0 Å². The van der Waals surface area contributed by atoms with E-state index in [0.717, 1.165) is 18.5 Å². The van der Waals surface area contributed by atoms with Gasteiger partial charge in [-0.15, -0.1) is 0 Å². The van der Waals surface area contributed by atoms with Gasteiger partial charge in [-0.2, -0.15) is 5.26 Å². The van der Waals surface area contributed by atoms with Crippen LogP contribution in [0.15, 0.2) is 24.3 Å². The monoisotopic (exact) mass is 243 g/mol. The quantitative estimate of drug-likeness (QED) is 0.876. The van der Waals surface area contributed by atoms with Crippen LogP contribution in [-0.4, -0.2) is 37.6 Å². The van der Waals surface area contributed by atoms with Crippen molar-refractivity contribution in [2.24, 2.45) is 0 Å². The molecule has 1 heterocycles. The van der Waals surface area contributed by atoms with Crippen molar-refractivity contribution in [2.75, 3.05) is 26.7 Å². The lowest BCUT2D eigenvalue weighted by Gasteiger charge is -2.31. The zero-order valence-electron chi connectivity index (χ0n) is 11.0. The van der Waals surface area contributed by atoms with Crippen LogP contribution >= 0.6 is 0 Å². The van der Waals surface area contributed by atoms with E-state index in [1.165, 1.54) is 31.5 Å². The normalized spacial score (nSPS) is 17.6. The highest BCUT2D eigenvalue weighted by Gasteiger charge is 2.16. The number of piperidine rings is 1. The van der Waals surface area contributed by atoms with Crippen LogP contribution < -0.4 is 5.32 Å². The van der Waals surface area contributed by atoms with Crippen molar-refractivity contribution in [3.8, 4) is 6.07 Å². The van der Waals surface area contributed by atoms with E-state index in [0.29, 0.717) is 6.04 Å². The third-order valence-corrected chi connectivity index (χ3v) is 3.77. The molecule has 1 saturated heterocycles. The van der Waals surface area contributed by atoms with E-state index in [2.05, 4.69) is 22.4 Å². The topological polar surface area (TPSA) is 39.1 Å². The Kier molecular flexibility index (Phi) is 4.74. The van der Waals surface area contributed by atoms with Gasteiger partial charge in [-0.3, -0.25) is 0 Å². The van der Waals surface area contributed by atoms with E-state index in [4.69, 9.17) is 5.26 Å². The number of hydrogen-bond donors (Lipinski definition) is 1. The predicted molar refractivity (Wildman–Crippen MR) is 73.4 cm³/mol. The van der Waals surface area contributed by atoms with E-state index < -0.39 is 0 Å². The summed E-state index contributed by atoms with van der Waals surface area (Å²) in [6.45, 7) is 3.47. The van der Waals surface area contributed by atoms with Gasteiger partial charge in [-0.25, -0.2) is 0 Å². The van der Waals surface area contributed by atoms with E-state index in [9.17, 15) is 0 Å². The number of benzene rings is 1. The van der Waals surface area contributed by atoms with Gasteiger partial charge in [0.1, 0.15) is 0 Å². The van der Waals surface area contributed by atoms with Crippen molar-refractivity contribution < 1.29 is 0 Å². The van der Waals surface area contributed by atoms with E-state index in [-0.39, 0.29) is 0 Å². The Morgan fingerprint density at radius 2 is 2.17 bits per heavy atom. The van der Waals surface area contributed by atoms with Gasteiger partial charge in [-0.1, -0.05) is 12.1 Å². The third-order valence-electron chi connectivity index (χ3n) is 3.77. The molecule has 0 saturated carbocycles. The summed E-state index contributed by atoms with van der Waals surface area (Å²) in [5, 5.41) is 12.2. The van der Waals surface area contributed by atoms with Crippen molar-refractivity contribution in [1.82, 2.24) is 10.2 Å². The van der Waals surface area contributed by atoms with Gasteiger partial charge in [0.25, 0.3) is 0 Å². The van der Waals surface area contributed by atoms with Crippen molar-refractivity contribution >= 4 is 0 Å². The molecule has 0 aliphatic carbocycles. The fourth-order valence-corrected chi connectivity index (χ4v) is 2.53. The Balaban J connectivity index is 1.80. The van der Waals surface area contributed by atoms with Crippen LogP contribution in [0.2, 0.25) is 0 Å². The highest BCUT2D eigenvalue weighted by molar-refractivity contribution is 5.32. The second kappa shape index (κ2) is 6.53. The first kappa shape index (κ1) is 13.1. The summed E-state index contributed by atoms with van der Waals surface area (Å²) < 4.78 is 0. The minimum absolute atomic E-state index is 0.697. The fraction of sp³-hybridized carbons (Fsp3) is 0.533. The fourth-order valence-electron chi connectivity index (χ4n) is 2.53. The Morgan fingerprint density at radius 3 is 2.83 bits per heavy atom. The molecule has 0 atom stereocenters. The molecule has 1 aromatic rings. The van der Waals surface area contributed by atoms with Crippen molar-refractivity contribution in [3.05, 3.63) is 35.4 Å². The summed E-state index contributed by atoms with van der Waals surface area (Å²) in [5.74, 6) is 0. The third kappa shape index (κ3) is 3.56. The summed E-state index contributed by atoms with van der Waals surface area (Å²) in [7, 11) is 2.05. The maximum Gasteiger partial charge on any atom is 0.0991 e. The van der Waals surface area contributed by atoms with Gasteiger partial charge in [0, 0.05) is 12.6 Å². The summed E-state index contributed by atoms with van der Waals surface area (Å²) >= 11 is 0. The van der Waals surface area contributed by atoms with Crippen molar-refractivity contribution in [1.29, 1.82) is 5.26 Å². The SMILES string of the molecule is CNC1CCN(CCc2cccc(C#N)c2)CC1. The lowest BCUT2D eigenvalue weighted by atomic mass is 10.0. The largest absolute Gasteiger partial charge is 0.317 e. The minimum Gasteiger partial charge on any atom is -0.317 e. The zero-order valence-corrected chi connectivity index (χ0v) is 11.0. The highest BCUT2D eigenvalue weighted by Crippen LogP contribution is 2.11. The summed E-state index contributed by atoms with van der Waals surface area (Å²) in [5.41, 5.74) is 2.03. The summed E-state index contributed by atoms with van der Waals surface area (Å²) in [6, 6.07) is 10.8. The lowest BCUT2D eigenvalue weighted by molar-refractivity contribution is 0.204. The molecule has 0 unspecified atom stereocenters. The Morgan fingerprint density at radius 1 is 1.39 bits per heavy atom. The number of hydrogen-bond acceptors (Lipinski definition) is 3. The second-order valence-electron chi connectivity index (χ2n) is 4.97. The standard InChI is InChI=1S/C15H21N3/c1-17-15-6-9-18(10-7-15)8-5-13-3-2-4-14(11-13)12-16/h2-4,11,15,17H,5-10H2,1H3. The van der Waals surface area contributed by atoms with Gasteiger partial charge in [0.05, 0.1) is 11.6 Å². The molecule has 3 heteroatoms.